The number of ether oxygens (including phenoxy) is 1. The van der Waals surface area contributed by atoms with Gasteiger partial charge in [-0.05, 0) is 48.7 Å². The molecule has 0 atom stereocenters. The molecule has 1 aromatic carbocycles. The van der Waals surface area contributed by atoms with Crippen LogP contribution in [0.1, 0.15) is 24.5 Å². The summed E-state index contributed by atoms with van der Waals surface area (Å²) in [4.78, 5) is 4.17. The molecule has 0 bridgehead atoms. The van der Waals surface area contributed by atoms with Gasteiger partial charge in [-0.3, -0.25) is 4.98 Å². The van der Waals surface area contributed by atoms with Crippen molar-refractivity contribution in [3.05, 3.63) is 53.9 Å². The van der Waals surface area contributed by atoms with E-state index in [9.17, 15) is 0 Å². The second-order valence-electron chi connectivity index (χ2n) is 4.56. The Balaban J connectivity index is 2.05. The zero-order chi connectivity index (χ0) is 13.5. The minimum Gasteiger partial charge on any atom is -0.456 e. The summed E-state index contributed by atoms with van der Waals surface area (Å²) in [5.74, 6) is 1.60. The van der Waals surface area contributed by atoms with E-state index in [1.54, 1.807) is 6.20 Å². The van der Waals surface area contributed by atoms with Crippen molar-refractivity contribution in [3.63, 3.8) is 0 Å². The molecule has 0 unspecified atom stereocenters. The van der Waals surface area contributed by atoms with E-state index in [0.29, 0.717) is 6.54 Å². The maximum absolute atomic E-state index is 5.80. The second-order valence-corrected chi connectivity index (χ2v) is 4.56. The van der Waals surface area contributed by atoms with E-state index in [1.165, 1.54) is 5.56 Å². The van der Waals surface area contributed by atoms with Gasteiger partial charge in [0.1, 0.15) is 11.5 Å². The van der Waals surface area contributed by atoms with Crippen LogP contribution >= 0.6 is 0 Å². The molecule has 0 radical (unpaired) electrons. The lowest BCUT2D eigenvalue weighted by molar-refractivity contribution is 0.479. The van der Waals surface area contributed by atoms with Crippen LogP contribution in [0.15, 0.2) is 42.7 Å². The fraction of sp³-hybridized carbons (Fsp3) is 0.312. The Morgan fingerprint density at radius 2 is 1.79 bits per heavy atom. The second kappa shape index (κ2) is 6.90. The van der Waals surface area contributed by atoms with Gasteiger partial charge in [0.05, 0.1) is 6.20 Å². The van der Waals surface area contributed by atoms with Crippen LogP contribution in [0.3, 0.4) is 0 Å². The largest absolute Gasteiger partial charge is 0.456 e. The molecule has 3 heteroatoms. The number of aryl methyl sites for hydroxylation is 1. The summed E-state index contributed by atoms with van der Waals surface area (Å²) in [5.41, 5.74) is 7.98. The third-order valence-corrected chi connectivity index (χ3v) is 2.90. The fourth-order valence-corrected chi connectivity index (χ4v) is 1.97. The number of benzene rings is 1. The molecule has 100 valence electrons. The highest BCUT2D eigenvalue weighted by Gasteiger charge is 2.00. The van der Waals surface area contributed by atoms with E-state index < -0.39 is 0 Å². The van der Waals surface area contributed by atoms with Crippen molar-refractivity contribution < 1.29 is 4.74 Å². The van der Waals surface area contributed by atoms with E-state index >= 15 is 0 Å². The lowest BCUT2D eigenvalue weighted by atomic mass is 10.1. The van der Waals surface area contributed by atoms with Crippen LogP contribution in [0.2, 0.25) is 0 Å². The smallest absolute Gasteiger partial charge is 0.145 e. The Hall–Kier alpha value is -1.87. The minimum absolute atomic E-state index is 0.622. The normalized spacial score (nSPS) is 10.4. The van der Waals surface area contributed by atoms with Crippen LogP contribution in [0, 0.1) is 0 Å². The number of hydrogen-bond acceptors (Lipinski definition) is 3. The first-order valence-electron chi connectivity index (χ1n) is 6.72. The number of rotatable bonds is 6. The first-order valence-corrected chi connectivity index (χ1v) is 6.72. The predicted molar refractivity (Wildman–Crippen MR) is 77.5 cm³/mol. The maximum Gasteiger partial charge on any atom is 0.145 e. The van der Waals surface area contributed by atoms with Crippen molar-refractivity contribution in [1.29, 1.82) is 0 Å². The van der Waals surface area contributed by atoms with Crippen molar-refractivity contribution >= 4 is 0 Å². The van der Waals surface area contributed by atoms with Crippen LogP contribution in [0.4, 0.5) is 0 Å². The molecular formula is C16H20N2O. The van der Waals surface area contributed by atoms with Gasteiger partial charge in [0.2, 0.25) is 0 Å². The Morgan fingerprint density at radius 3 is 2.47 bits per heavy atom. The first kappa shape index (κ1) is 13.6. The van der Waals surface area contributed by atoms with Crippen molar-refractivity contribution in [2.75, 3.05) is 6.54 Å². The van der Waals surface area contributed by atoms with E-state index in [4.69, 9.17) is 10.5 Å². The molecule has 19 heavy (non-hydrogen) atoms. The molecule has 0 amide bonds. The molecule has 0 aliphatic carbocycles. The van der Waals surface area contributed by atoms with Crippen molar-refractivity contribution in [2.45, 2.75) is 26.2 Å². The van der Waals surface area contributed by atoms with Crippen molar-refractivity contribution in [2.24, 2.45) is 5.73 Å². The average molecular weight is 256 g/mol. The van der Waals surface area contributed by atoms with Crippen molar-refractivity contribution in [1.82, 2.24) is 4.98 Å². The molecule has 0 saturated heterocycles. The molecule has 0 saturated carbocycles. The minimum atomic E-state index is 0.622. The molecule has 2 rings (SSSR count). The quantitative estimate of drug-likeness (QED) is 0.862. The van der Waals surface area contributed by atoms with Gasteiger partial charge in [0, 0.05) is 6.20 Å². The first-order chi connectivity index (χ1) is 9.31. The van der Waals surface area contributed by atoms with Gasteiger partial charge in [-0.2, -0.15) is 0 Å². The van der Waals surface area contributed by atoms with Gasteiger partial charge in [-0.25, -0.2) is 0 Å². The summed E-state index contributed by atoms with van der Waals surface area (Å²) in [6, 6.07) is 10.2. The molecule has 0 fully saturated rings. The fourth-order valence-electron chi connectivity index (χ4n) is 1.97. The molecule has 2 aromatic rings. The monoisotopic (exact) mass is 256 g/mol. The highest BCUT2D eigenvalue weighted by atomic mass is 16.5. The summed E-state index contributed by atoms with van der Waals surface area (Å²) in [6.45, 7) is 2.80. The zero-order valence-corrected chi connectivity index (χ0v) is 11.3. The average Bonchev–Trinajstić information content (AvgIpc) is 2.42. The highest BCUT2D eigenvalue weighted by molar-refractivity contribution is 5.33. The van der Waals surface area contributed by atoms with Gasteiger partial charge in [0.15, 0.2) is 0 Å². The van der Waals surface area contributed by atoms with Gasteiger partial charge >= 0.3 is 0 Å². The highest BCUT2D eigenvalue weighted by Crippen LogP contribution is 2.22. The number of aromatic nitrogens is 1. The van der Waals surface area contributed by atoms with Gasteiger partial charge in [-0.1, -0.05) is 25.5 Å². The lowest BCUT2D eigenvalue weighted by Crippen LogP contribution is -2.03. The number of nitrogens with zero attached hydrogens (tertiary/aromatic N) is 1. The maximum atomic E-state index is 5.80. The Bertz CT molecular complexity index is 508. The molecule has 0 aliphatic heterocycles. The Labute approximate surface area is 114 Å². The Kier molecular flexibility index (Phi) is 4.93. The lowest BCUT2D eigenvalue weighted by Gasteiger charge is -2.07. The zero-order valence-electron chi connectivity index (χ0n) is 11.3. The molecule has 0 aliphatic rings. The van der Waals surface area contributed by atoms with E-state index in [2.05, 4.69) is 24.0 Å². The van der Waals surface area contributed by atoms with Crippen molar-refractivity contribution in [3.8, 4) is 11.5 Å². The molecule has 2 N–H and O–H groups in total. The van der Waals surface area contributed by atoms with Gasteiger partial charge in [-0.15, -0.1) is 0 Å². The summed E-state index contributed by atoms with van der Waals surface area (Å²) in [5, 5.41) is 0. The van der Waals surface area contributed by atoms with Crippen LogP contribution in [0.25, 0.3) is 0 Å². The third-order valence-electron chi connectivity index (χ3n) is 2.90. The number of nitrogens with two attached hydrogens (primary N) is 1. The van der Waals surface area contributed by atoms with E-state index in [-0.39, 0.29) is 0 Å². The number of pyridine rings is 1. The van der Waals surface area contributed by atoms with E-state index in [1.807, 2.05) is 24.4 Å². The molecule has 1 aromatic heterocycles. The predicted octanol–water partition coefficient (Wildman–Crippen LogP) is 3.33. The topological polar surface area (TPSA) is 48.1 Å². The van der Waals surface area contributed by atoms with Crippen LogP contribution in [0.5, 0.6) is 11.5 Å². The summed E-state index contributed by atoms with van der Waals surface area (Å²) < 4.78 is 5.80. The van der Waals surface area contributed by atoms with Gasteiger partial charge < -0.3 is 10.5 Å². The van der Waals surface area contributed by atoms with Crippen LogP contribution in [-0.4, -0.2) is 11.5 Å². The third kappa shape index (κ3) is 4.07. The SMILES string of the molecule is CCCc1ccc(Oc2cncc(CCN)c2)cc1. The molecular weight excluding hydrogens is 236 g/mol. The molecule has 1 heterocycles. The summed E-state index contributed by atoms with van der Waals surface area (Å²) in [6.07, 6.45) is 6.63. The summed E-state index contributed by atoms with van der Waals surface area (Å²) >= 11 is 0. The summed E-state index contributed by atoms with van der Waals surface area (Å²) in [7, 11) is 0. The standard InChI is InChI=1S/C16H20N2O/c1-2-3-13-4-6-15(7-5-13)19-16-10-14(8-9-17)11-18-12-16/h4-7,10-12H,2-3,8-9,17H2,1H3. The molecule has 0 spiro atoms. The van der Waals surface area contributed by atoms with Crippen LogP contribution in [-0.2, 0) is 12.8 Å². The van der Waals surface area contributed by atoms with Crippen LogP contribution < -0.4 is 10.5 Å². The number of hydrogen-bond donors (Lipinski definition) is 1. The molecule has 3 nitrogen and oxygen atoms in total. The Morgan fingerprint density at radius 1 is 1.00 bits per heavy atom. The van der Waals surface area contributed by atoms with Gasteiger partial charge in [0.25, 0.3) is 0 Å². The van der Waals surface area contributed by atoms with E-state index in [0.717, 1.165) is 36.3 Å².